The lowest BCUT2D eigenvalue weighted by atomic mass is 10.3. The maximum atomic E-state index is 12.6. The number of aryl methyl sites for hydroxylation is 3. The molecule has 0 aliphatic rings. The first-order valence-electron chi connectivity index (χ1n) is 6.56. The molecular formula is C12H19N5O2S2. The summed E-state index contributed by atoms with van der Waals surface area (Å²) in [7, 11) is -1.96. The second-order valence-corrected chi connectivity index (χ2v) is 7.46. The molecule has 0 unspecified atom stereocenters. The molecule has 0 aliphatic carbocycles. The molecule has 21 heavy (non-hydrogen) atoms. The molecule has 2 aromatic heterocycles. The van der Waals surface area contributed by atoms with Gasteiger partial charge < -0.3 is 5.32 Å². The van der Waals surface area contributed by atoms with E-state index in [1.54, 1.807) is 14.0 Å². The number of H-pyrrole nitrogens is 1. The van der Waals surface area contributed by atoms with Crippen molar-refractivity contribution in [2.75, 3.05) is 11.8 Å². The Bertz CT molecular complexity index is 733. The van der Waals surface area contributed by atoms with E-state index in [-0.39, 0.29) is 4.90 Å². The minimum Gasteiger partial charge on any atom is -0.314 e. The lowest BCUT2D eigenvalue weighted by molar-refractivity contribution is 0.598. The van der Waals surface area contributed by atoms with Crippen molar-refractivity contribution < 1.29 is 8.42 Å². The summed E-state index contributed by atoms with van der Waals surface area (Å²) in [5.41, 5.74) is 1.89. The van der Waals surface area contributed by atoms with Crippen LogP contribution in [0.1, 0.15) is 28.9 Å². The summed E-state index contributed by atoms with van der Waals surface area (Å²) in [4.78, 5) is 5.52. The van der Waals surface area contributed by atoms with Gasteiger partial charge in [0.1, 0.15) is 4.90 Å². The molecule has 3 N–H and O–H groups in total. The van der Waals surface area contributed by atoms with Crippen LogP contribution in [0.5, 0.6) is 0 Å². The van der Waals surface area contributed by atoms with Gasteiger partial charge in [0.2, 0.25) is 0 Å². The summed E-state index contributed by atoms with van der Waals surface area (Å²) in [5.74, 6) is 0. The summed E-state index contributed by atoms with van der Waals surface area (Å²) in [5, 5.41) is 10.0. The molecule has 0 atom stereocenters. The quantitative estimate of drug-likeness (QED) is 0.747. The fourth-order valence-electron chi connectivity index (χ4n) is 2.08. The number of aromatic nitrogens is 3. The average Bonchev–Trinajstić information content (AvgIpc) is 2.93. The van der Waals surface area contributed by atoms with E-state index in [0.717, 1.165) is 17.0 Å². The zero-order valence-electron chi connectivity index (χ0n) is 12.4. The predicted molar refractivity (Wildman–Crippen MR) is 83.1 cm³/mol. The second kappa shape index (κ2) is 6.12. The zero-order valence-corrected chi connectivity index (χ0v) is 14.1. The molecule has 2 rings (SSSR count). The predicted octanol–water partition coefficient (Wildman–Crippen LogP) is 1.57. The van der Waals surface area contributed by atoms with E-state index in [9.17, 15) is 8.42 Å². The first kappa shape index (κ1) is 15.9. The molecule has 116 valence electrons. The Morgan fingerprint density at radius 1 is 1.29 bits per heavy atom. The number of hydrogen-bond acceptors (Lipinski definition) is 6. The molecule has 2 heterocycles. The first-order chi connectivity index (χ1) is 9.89. The summed E-state index contributed by atoms with van der Waals surface area (Å²) >= 11 is 1.34. The fourth-order valence-corrected chi connectivity index (χ4v) is 4.58. The van der Waals surface area contributed by atoms with E-state index in [1.807, 2.05) is 13.8 Å². The van der Waals surface area contributed by atoms with Gasteiger partial charge in [-0.25, -0.2) is 13.4 Å². The number of thiazole rings is 1. The van der Waals surface area contributed by atoms with Crippen molar-refractivity contribution in [3.63, 3.8) is 0 Å². The lowest BCUT2D eigenvalue weighted by Gasteiger charge is -2.06. The van der Waals surface area contributed by atoms with Crippen molar-refractivity contribution in [1.29, 1.82) is 0 Å². The van der Waals surface area contributed by atoms with Gasteiger partial charge in [-0.1, -0.05) is 6.92 Å². The molecular weight excluding hydrogens is 310 g/mol. The van der Waals surface area contributed by atoms with Crippen LogP contribution >= 0.6 is 11.3 Å². The Morgan fingerprint density at radius 3 is 2.57 bits per heavy atom. The Balaban J connectivity index is 2.36. The Labute approximate surface area is 128 Å². The van der Waals surface area contributed by atoms with Crippen LogP contribution in [0.15, 0.2) is 4.90 Å². The van der Waals surface area contributed by atoms with Crippen LogP contribution in [-0.2, 0) is 23.0 Å². The van der Waals surface area contributed by atoms with E-state index in [1.165, 1.54) is 11.3 Å². The van der Waals surface area contributed by atoms with Gasteiger partial charge in [0, 0.05) is 11.4 Å². The van der Waals surface area contributed by atoms with Crippen LogP contribution in [-0.4, -0.2) is 30.6 Å². The van der Waals surface area contributed by atoms with Crippen LogP contribution < -0.4 is 10.0 Å². The van der Waals surface area contributed by atoms with Crippen molar-refractivity contribution in [3.05, 3.63) is 22.0 Å². The minimum absolute atomic E-state index is 0.183. The number of sulfonamides is 1. The van der Waals surface area contributed by atoms with Gasteiger partial charge in [-0.05, 0) is 27.3 Å². The third-order valence-corrected chi connectivity index (χ3v) is 5.62. The van der Waals surface area contributed by atoms with Crippen LogP contribution in [0.25, 0.3) is 0 Å². The molecule has 0 spiro atoms. The molecule has 0 aromatic carbocycles. The minimum atomic E-state index is -3.70. The largest absolute Gasteiger partial charge is 0.314 e. The smallest absolute Gasteiger partial charge is 0.267 e. The topological polar surface area (TPSA) is 99.8 Å². The zero-order chi connectivity index (χ0) is 15.6. The molecule has 0 bridgehead atoms. The molecule has 0 radical (unpaired) electrons. The van der Waals surface area contributed by atoms with E-state index in [0.29, 0.717) is 23.1 Å². The van der Waals surface area contributed by atoms with Crippen molar-refractivity contribution in [2.24, 2.45) is 0 Å². The molecule has 2 aromatic rings. The highest BCUT2D eigenvalue weighted by molar-refractivity contribution is 7.93. The monoisotopic (exact) mass is 329 g/mol. The Morgan fingerprint density at radius 2 is 2.00 bits per heavy atom. The maximum absolute atomic E-state index is 12.6. The molecule has 0 saturated carbocycles. The summed E-state index contributed by atoms with van der Waals surface area (Å²) in [6.45, 7) is 5.98. The molecule has 0 saturated heterocycles. The Hall–Kier alpha value is -1.45. The highest BCUT2D eigenvalue weighted by atomic mass is 32.2. The summed E-state index contributed by atoms with van der Waals surface area (Å²) in [6, 6.07) is 0. The van der Waals surface area contributed by atoms with Crippen molar-refractivity contribution in [3.8, 4) is 0 Å². The van der Waals surface area contributed by atoms with E-state index in [2.05, 4.69) is 25.2 Å². The summed E-state index contributed by atoms with van der Waals surface area (Å²) < 4.78 is 27.7. The number of hydrogen-bond donors (Lipinski definition) is 3. The van der Waals surface area contributed by atoms with Crippen LogP contribution in [0.3, 0.4) is 0 Å². The number of nitrogens with one attached hydrogen (secondary N) is 3. The fraction of sp³-hybridized carbons (Fsp3) is 0.500. The van der Waals surface area contributed by atoms with Gasteiger partial charge in [0.15, 0.2) is 5.13 Å². The van der Waals surface area contributed by atoms with Gasteiger partial charge in [-0.3, -0.25) is 9.82 Å². The molecule has 0 fully saturated rings. The van der Waals surface area contributed by atoms with Gasteiger partial charge in [0.25, 0.3) is 10.0 Å². The van der Waals surface area contributed by atoms with E-state index >= 15 is 0 Å². The SMILES string of the molecule is CCc1nc(NS(=O)(=O)c2c(CNC)n[nH]c2C)sc1C. The molecule has 7 nitrogen and oxygen atoms in total. The molecule has 0 aliphatic heterocycles. The van der Waals surface area contributed by atoms with Crippen LogP contribution in [0.4, 0.5) is 5.13 Å². The maximum Gasteiger partial charge on any atom is 0.267 e. The van der Waals surface area contributed by atoms with Crippen LogP contribution in [0, 0.1) is 13.8 Å². The highest BCUT2D eigenvalue weighted by Gasteiger charge is 2.25. The van der Waals surface area contributed by atoms with E-state index < -0.39 is 10.0 Å². The lowest BCUT2D eigenvalue weighted by Crippen LogP contribution is -2.17. The average molecular weight is 329 g/mol. The van der Waals surface area contributed by atoms with Crippen molar-refractivity contribution >= 4 is 26.5 Å². The van der Waals surface area contributed by atoms with Gasteiger partial charge in [0.05, 0.1) is 17.1 Å². The summed E-state index contributed by atoms with van der Waals surface area (Å²) in [6.07, 6.45) is 0.778. The number of nitrogens with zero attached hydrogens (tertiary/aromatic N) is 2. The first-order valence-corrected chi connectivity index (χ1v) is 8.86. The van der Waals surface area contributed by atoms with Crippen molar-refractivity contribution in [2.45, 2.75) is 38.6 Å². The molecule has 0 amide bonds. The van der Waals surface area contributed by atoms with E-state index in [4.69, 9.17) is 0 Å². The third kappa shape index (κ3) is 3.25. The normalized spacial score (nSPS) is 11.8. The van der Waals surface area contributed by atoms with Gasteiger partial charge >= 0.3 is 0 Å². The number of aromatic amines is 1. The van der Waals surface area contributed by atoms with Crippen LogP contribution in [0.2, 0.25) is 0 Å². The number of anilines is 1. The third-order valence-electron chi connectivity index (χ3n) is 3.02. The standard InChI is InChI=1S/C12H19N5O2S2/c1-5-9-8(3)20-12(14-9)17-21(18,19)11-7(2)15-16-10(11)6-13-4/h13H,5-6H2,1-4H3,(H,14,17)(H,15,16). The second-order valence-electron chi connectivity index (χ2n) is 4.64. The highest BCUT2D eigenvalue weighted by Crippen LogP contribution is 2.26. The Kier molecular flexibility index (Phi) is 4.64. The number of rotatable bonds is 6. The van der Waals surface area contributed by atoms with Crippen molar-refractivity contribution in [1.82, 2.24) is 20.5 Å². The van der Waals surface area contributed by atoms with Gasteiger partial charge in [-0.15, -0.1) is 11.3 Å². The van der Waals surface area contributed by atoms with Gasteiger partial charge in [-0.2, -0.15) is 5.10 Å². The molecule has 9 heteroatoms.